The number of ketones is 1. The number of carbonyl (C=O) groups excluding carboxylic acids is 1. The number of benzene rings is 2. The fourth-order valence-corrected chi connectivity index (χ4v) is 2.16. The number of hydrogen-bond donors (Lipinski definition) is 0. The molecular weight excluding hydrogens is 394 g/mol. The van der Waals surface area contributed by atoms with Gasteiger partial charge in [-0.3, -0.25) is 4.99 Å². The molecule has 0 aliphatic heterocycles. The lowest BCUT2D eigenvalue weighted by Crippen LogP contribution is -1.92. The molecule has 2 rings (SSSR count). The van der Waals surface area contributed by atoms with Gasteiger partial charge in [-0.1, -0.05) is 96.5 Å². The lowest BCUT2D eigenvalue weighted by Gasteiger charge is -2.00. The molecule has 0 amide bonds. The van der Waals surface area contributed by atoms with E-state index in [0.717, 1.165) is 17.9 Å². The van der Waals surface area contributed by atoms with Crippen molar-refractivity contribution in [1.29, 1.82) is 0 Å². The maximum Gasteiger partial charge on any atom is 0.129 e. The summed E-state index contributed by atoms with van der Waals surface area (Å²) in [5.74, 6) is 1.75. The first kappa shape index (κ1) is 31.5. The van der Waals surface area contributed by atoms with E-state index in [1.165, 1.54) is 17.5 Å². The van der Waals surface area contributed by atoms with Crippen LogP contribution in [0.15, 0.2) is 71.9 Å². The van der Waals surface area contributed by atoms with E-state index in [-0.39, 0.29) is 5.78 Å². The zero-order valence-corrected chi connectivity index (χ0v) is 21.8. The molecule has 0 unspecified atom stereocenters. The molecule has 3 nitrogen and oxygen atoms in total. The Morgan fingerprint density at radius 1 is 0.969 bits per heavy atom. The van der Waals surface area contributed by atoms with E-state index in [1.54, 1.807) is 14.0 Å². The third-order valence-electron chi connectivity index (χ3n) is 4.13. The van der Waals surface area contributed by atoms with Crippen LogP contribution in [0.2, 0.25) is 0 Å². The van der Waals surface area contributed by atoms with Gasteiger partial charge in [-0.25, -0.2) is 0 Å². The topological polar surface area (TPSA) is 38.7 Å². The third kappa shape index (κ3) is 18.1. The number of carbonyl (C=O) groups is 1. The van der Waals surface area contributed by atoms with Crippen molar-refractivity contribution in [2.24, 2.45) is 10.9 Å². The second-order valence-corrected chi connectivity index (χ2v) is 7.32. The summed E-state index contributed by atoms with van der Waals surface area (Å²) >= 11 is 0. The van der Waals surface area contributed by atoms with Gasteiger partial charge in [0.25, 0.3) is 0 Å². The number of allylic oxidation sites excluding steroid dienone is 1. The van der Waals surface area contributed by atoms with Crippen molar-refractivity contribution < 1.29 is 9.53 Å². The van der Waals surface area contributed by atoms with Crippen molar-refractivity contribution >= 4 is 11.5 Å². The highest BCUT2D eigenvalue weighted by Crippen LogP contribution is 2.12. The first-order chi connectivity index (χ1) is 15.3. The molecule has 2 aromatic carbocycles. The van der Waals surface area contributed by atoms with Gasteiger partial charge in [0.15, 0.2) is 0 Å². The summed E-state index contributed by atoms with van der Waals surface area (Å²) in [6.45, 7) is 15.9. The minimum atomic E-state index is 0.255. The Kier molecular flexibility index (Phi) is 21.2. The standard InChI is InChI=1S/C13H17N.C10H14O.C4H8O.C2H6/c1-11(2)9-10-14-12(3)13-7-5-4-6-8-13;1-3-4-9-5-7-10(11-2)8-6-9;1-3-4(2)5;1-2/h4-11H,1-3H3;5-8H,3-4H2,1-2H3;3H2,1-2H3;1-2H3/b10-9+,14-12?;;;. The molecule has 178 valence electrons. The minimum Gasteiger partial charge on any atom is -0.497 e. The molecule has 0 heterocycles. The Morgan fingerprint density at radius 2 is 1.50 bits per heavy atom. The van der Waals surface area contributed by atoms with E-state index in [9.17, 15) is 4.79 Å². The molecule has 0 fully saturated rings. The molecule has 0 N–H and O–H groups in total. The zero-order chi connectivity index (χ0) is 24.8. The molecule has 0 radical (unpaired) electrons. The molecule has 0 saturated heterocycles. The summed E-state index contributed by atoms with van der Waals surface area (Å²) in [7, 11) is 1.69. The van der Waals surface area contributed by atoms with Crippen molar-refractivity contribution in [1.82, 2.24) is 0 Å². The smallest absolute Gasteiger partial charge is 0.129 e. The average molecular weight is 440 g/mol. The van der Waals surface area contributed by atoms with Crippen molar-refractivity contribution in [2.75, 3.05) is 7.11 Å². The van der Waals surface area contributed by atoms with Crippen LogP contribution in [0.5, 0.6) is 5.75 Å². The van der Waals surface area contributed by atoms with Gasteiger partial charge >= 0.3 is 0 Å². The van der Waals surface area contributed by atoms with Crippen LogP contribution in [0.1, 0.15) is 79.4 Å². The summed E-state index contributed by atoms with van der Waals surface area (Å²) in [5.41, 5.74) is 3.62. The van der Waals surface area contributed by atoms with Gasteiger partial charge in [0.05, 0.1) is 7.11 Å². The number of aliphatic imine (C=N–C) groups is 1. The number of nitrogens with zero attached hydrogens (tertiary/aromatic N) is 1. The normalized spacial score (nSPS) is 10.2. The highest BCUT2D eigenvalue weighted by atomic mass is 16.5. The van der Waals surface area contributed by atoms with E-state index in [0.29, 0.717) is 12.3 Å². The molecule has 0 saturated carbocycles. The van der Waals surface area contributed by atoms with Crippen LogP contribution in [0.25, 0.3) is 0 Å². The van der Waals surface area contributed by atoms with Crippen LogP contribution in [0.4, 0.5) is 0 Å². The third-order valence-corrected chi connectivity index (χ3v) is 4.13. The Balaban J connectivity index is 0. The van der Waals surface area contributed by atoms with Crippen molar-refractivity contribution in [3.8, 4) is 5.75 Å². The van der Waals surface area contributed by atoms with Crippen LogP contribution in [-0.4, -0.2) is 18.6 Å². The lowest BCUT2D eigenvalue weighted by molar-refractivity contribution is -0.116. The first-order valence-corrected chi connectivity index (χ1v) is 11.7. The maximum atomic E-state index is 9.81. The van der Waals surface area contributed by atoms with Crippen LogP contribution < -0.4 is 4.74 Å². The van der Waals surface area contributed by atoms with Gasteiger partial charge < -0.3 is 9.53 Å². The molecule has 0 aliphatic rings. The fraction of sp³-hybridized carbons (Fsp3) is 0.448. The van der Waals surface area contributed by atoms with E-state index in [4.69, 9.17) is 4.74 Å². The Hall–Kier alpha value is -2.68. The summed E-state index contributed by atoms with van der Waals surface area (Å²) < 4.78 is 5.05. The number of rotatable bonds is 7. The molecule has 0 spiro atoms. The SMILES string of the molecule is CC.CC(=N/C=C/C(C)C)c1ccccc1.CCC(C)=O.CCCc1ccc(OC)cc1. The molecule has 2 aromatic rings. The van der Waals surface area contributed by atoms with Gasteiger partial charge in [0.2, 0.25) is 0 Å². The van der Waals surface area contributed by atoms with Crippen LogP contribution in [0.3, 0.4) is 0 Å². The van der Waals surface area contributed by atoms with Crippen LogP contribution >= 0.6 is 0 Å². The van der Waals surface area contributed by atoms with Crippen LogP contribution in [0, 0.1) is 5.92 Å². The van der Waals surface area contributed by atoms with Gasteiger partial charge in [0.1, 0.15) is 11.5 Å². The Bertz CT molecular complexity index is 744. The van der Waals surface area contributed by atoms with Gasteiger partial charge in [-0.05, 0) is 49.4 Å². The van der Waals surface area contributed by atoms with E-state index in [1.807, 2.05) is 64.2 Å². The van der Waals surface area contributed by atoms with Gasteiger partial charge in [0, 0.05) is 18.3 Å². The summed E-state index contributed by atoms with van der Waals surface area (Å²) in [6, 6.07) is 18.5. The molecule has 0 aromatic heterocycles. The van der Waals surface area contributed by atoms with Gasteiger partial charge in [-0.15, -0.1) is 0 Å². The predicted octanol–water partition coefficient (Wildman–Crippen LogP) is 8.32. The predicted molar refractivity (Wildman–Crippen MR) is 142 cm³/mol. The number of hydrogen-bond acceptors (Lipinski definition) is 3. The average Bonchev–Trinajstić information content (AvgIpc) is 2.82. The second-order valence-electron chi connectivity index (χ2n) is 7.32. The monoisotopic (exact) mass is 439 g/mol. The number of ether oxygens (including phenoxy) is 1. The minimum absolute atomic E-state index is 0.255. The molecule has 0 aliphatic carbocycles. The molecule has 32 heavy (non-hydrogen) atoms. The van der Waals surface area contributed by atoms with Crippen molar-refractivity contribution in [3.05, 3.63) is 78.0 Å². The van der Waals surface area contributed by atoms with Crippen molar-refractivity contribution in [3.63, 3.8) is 0 Å². The van der Waals surface area contributed by atoms with E-state index < -0.39 is 0 Å². The Labute approximate surface area is 197 Å². The number of Topliss-reactive ketones (excluding diaryl/α,β-unsaturated/α-hetero) is 1. The molecule has 0 bridgehead atoms. The van der Waals surface area contributed by atoms with E-state index >= 15 is 0 Å². The number of aryl methyl sites for hydroxylation is 1. The van der Waals surface area contributed by atoms with Crippen molar-refractivity contribution in [2.45, 2.75) is 74.7 Å². The zero-order valence-electron chi connectivity index (χ0n) is 21.8. The molecular formula is C29H45NO2. The number of methoxy groups -OCH3 is 1. The summed E-state index contributed by atoms with van der Waals surface area (Å²) in [5, 5.41) is 0. The second kappa shape index (κ2) is 21.5. The highest BCUT2D eigenvalue weighted by Gasteiger charge is 1.93. The maximum absolute atomic E-state index is 9.81. The summed E-state index contributed by atoms with van der Waals surface area (Å²) in [4.78, 5) is 14.2. The largest absolute Gasteiger partial charge is 0.497 e. The fourth-order valence-electron chi connectivity index (χ4n) is 2.16. The lowest BCUT2D eigenvalue weighted by atomic mass is 10.1. The van der Waals surface area contributed by atoms with Gasteiger partial charge in [-0.2, -0.15) is 0 Å². The van der Waals surface area contributed by atoms with Crippen LogP contribution in [-0.2, 0) is 11.2 Å². The van der Waals surface area contributed by atoms with E-state index in [2.05, 4.69) is 56.1 Å². The molecule has 0 atom stereocenters. The quantitative estimate of drug-likeness (QED) is 0.407. The highest BCUT2D eigenvalue weighted by molar-refractivity contribution is 5.98. The Morgan fingerprint density at radius 3 is 1.91 bits per heavy atom. The first-order valence-electron chi connectivity index (χ1n) is 11.7. The molecule has 3 heteroatoms. The summed E-state index contributed by atoms with van der Waals surface area (Å²) in [6.07, 6.45) is 7.00.